The molecule has 3 aromatic carbocycles. The van der Waals surface area contributed by atoms with Crippen LogP contribution in [0.15, 0.2) is 58.6 Å². The van der Waals surface area contributed by atoms with Crippen molar-refractivity contribution in [3.63, 3.8) is 0 Å². The van der Waals surface area contributed by atoms with Crippen LogP contribution in [0, 0.1) is 10.5 Å². The number of hydrogen-bond acceptors (Lipinski definition) is 5. The molecule has 1 saturated heterocycles. The molecule has 11 heteroatoms. The van der Waals surface area contributed by atoms with Gasteiger partial charge in [-0.1, -0.05) is 45.2 Å². The van der Waals surface area contributed by atoms with E-state index >= 15 is 0 Å². The van der Waals surface area contributed by atoms with E-state index in [1.165, 1.54) is 6.08 Å². The number of aryl methyl sites for hydroxylation is 1. The summed E-state index contributed by atoms with van der Waals surface area (Å²) in [6, 6.07) is 13.0. The number of imide groups is 2. The summed E-state index contributed by atoms with van der Waals surface area (Å²) in [4.78, 5) is 39.6. The molecule has 0 spiro atoms. The Kier molecular flexibility index (Phi) is 9.02. The second-order valence-electron chi connectivity index (χ2n) is 8.19. The standard InChI is InChI=1S/C27H20BrCl2IN2O5/c1-3-37-23-12-16(11-21(31)24(23)38-13-15-4-6-19(29)20(30)10-15)9-18-25(34)32-27(36)33(26(18)35)22-7-5-17(28)8-14(22)2/h4-12H,3,13H2,1-2H3,(H,32,34,36)/b18-9-. The van der Waals surface area contributed by atoms with E-state index in [9.17, 15) is 14.4 Å². The lowest BCUT2D eigenvalue weighted by molar-refractivity contribution is -0.122. The van der Waals surface area contributed by atoms with Crippen LogP contribution in [0.4, 0.5) is 10.5 Å². The van der Waals surface area contributed by atoms with Crippen LogP contribution in [0.3, 0.4) is 0 Å². The topological polar surface area (TPSA) is 84.9 Å². The van der Waals surface area contributed by atoms with Gasteiger partial charge in [0.25, 0.3) is 11.8 Å². The molecule has 0 unspecified atom stereocenters. The van der Waals surface area contributed by atoms with E-state index in [1.54, 1.807) is 49.4 Å². The Balaban J connectivity index is 1.67. The van der Waals surface area contributed by atoms with Crippen molar-refractivity contribution in [2.24, 2.45) is 0 Å². The Labute approximate surface area is 251 Å². The molecule has 1 N–H and O–H groups in total. The number of amides is 4. The van der Waals surface area contributed by atoms with Gasteiger partial charge in [0.15, 0.2) is 11.5 Å². The lowest BCUT2D eigenvalue weighted by Crippen LogP contribution is -2.54. The molecule has 0 atom stereocenters. The van der Waals surface area contributed by atoms with Gasteiger partial charge in [-0.15, -0.1) is 0 Å². The summed E-state index contributed by atoms with van der Waals surface area (Å²) >= 11 is 17.6. The predicted octanol–water partition coefficient (Wildman–Crippen LogP) is 7.31. The molecule has 1 aliphatic rings. The average Bonchev–Trinajstić information content (AvgIpc) is 2.85. The maximum atomic E-state index is 13.3. The Morgan fingerprint density at radius 2 is 1.79 bits per heavy atom. The summed E-state index contributed by atoms with van der Waals surface area (Å²) < 4.78 is 13.3. The number of benzene rings is 3. The number of rotatable bonds is 7. The Hall–Kier alpha value is -2.60. The highest BCUT2D eigenvalue weighted by Gasteiger charge is 2.37. The molecule has 0 saturated carbocycles. The van der Waals surface area contributed by atoms with Crippen molar-refractivity contribution in [3.8, 4) is 11.5 Å². The smallest absolute Gasteiger partial charge is 0.335 e. The fourth-order valence-electron chi connectivity index (χ4n) is 3.77. The number of carbonyl (C=O) groups excluding carboxylic acids is 3. The Morgan fingerprint density at radius 1 is 1.03 bits per heavy atom. The number of hydrogen-bond donors (Lipinski definition) is 1. The lowest BCUT2D eigenvalue weighted by atomic mass is 10.1. The number of halogens is 4. The molecule has 1 aliphatic heterocycles. The van der Waals surface area contributed by atoms with Gasteiger partial charge in [0.05, 0.1) is 25.9 Å². The van der Waals surface area contributed by atoms with Crippen molar-refractivity contribution in [3.05, 3.63) is 88.9 Å². The van der Waals surface area contributed by atoms with E-state index in [0.29, 0.717) is 48.5 Å². The first-order valence-electron chi connectivity index (χ1n) is 11.3. The van der Waals surface area contributed by atoms with Gasteiger partial charge < -0.3 is 9.47 Å². The van der Waals surface area contributed by atoms with Gasteiger partial charge in [0, 0.05) is 4.47 Å². The molecular weight excluding hydrogens is 710 g/mol. The molecule has 38 heavy (non-hydrogen) atoms. The minimum absolute atomic E-state index is 0.186. The number of urea groups is 1. The van der Waals surface area contributed by atoms with Crippen LogP contribution in [0.25, 0.3) is 6.08 Å². The highest BCUT2D eigenvalue weighted by molar-refractivity contribution is 14.1. The molecule has 196 valence electrons. The second-order valence-corrected chi connectivity index (χ2v) is 11.1. The quantitative estimate of drug-likeness (QED) is 0.157. The molecule has 0 radical (unpaired) electrons. The van der Waals surface area contributed by atoms with Gasteiger partial charge >= 0.3 is 6.03 Å². The first kappa shape index (κ1) is 28.4. The summed E-state index contributed by atoms with van der Waals surface area (Å²) in [7, 11) is 0. The maximum absolute atomic E-state index is 13.3. The fraction of sp³-hybridized carbons (Fsp3) is 0.148. The van der Waals surface area contributed by atoms with E-state index < -0.39 is 17.8 Å². The van der Waals surface area contributed by atoms with Crippen LogP contribution in [-0.2, 0) is 16.2 Å². The third-order valence-corrected chi connectivity index (χ3v) is 7.54. The number of barbiturate groups is 1. The van der Waals surface area contributed by atoms with Crippen LogP contribution < -0.4 is 19.7 Å². The first-order valence-corrected chi connectivity index (χ1v) is 13.9. The van der Waals surface area contributed by atoms with Gasteiger partial charge in [-0.3, -0.25) is 14.9 Å². The van der Waals surface area contributed by atoms with E-state index in [4.69, 9.17) is 32.7 Å². The minimum atomic E-state index is -0.807. The number of nitrogens with one attached hydrogen (secondary N) is 1. The average molecular weight is 730 g/mol. The van der Waals surface area contributed by atoms with E-state index in [2.05, 4.69) is 43.8 Å². The molecule has 4 rings (SSSR count). The summed E-state index contributed by atoms with van der Waals surface area (Å²) in [6.07, 6.45) is 1.43. The highest BCUT2D eigenvalue weighted by atomic mass is 127. The zero-order chi connectivity index (χ0) is 27.6. The summed E-state index contributed by atoms with van der Waals surface area (Å²) in [5.74, 6) is -0.565. The van der Waals surface area contributed by atoms with Crippen molar-refractivity contribution in [2.75, 3.05) is 11.5 Å². The molecule has 1 heterocycles. The van der Waals surface area contributed by atoms with Crippen LogP contribution >= 0.6 is 61.7 Å². The number of carbonyl (C=O) groups is 3. The molecule has 0 bridgehead atoms. The SMILES string of the molecule is CCOc1cc(/C=C2/C(=O)NC(=O)N(c3ccc(Br)cc3C)C2=O)cc(I)c1OCc1ccc(Cl)c(Cl)c1. The predicted molar refractivity (Wildman–Crippen MR) is 159 cm³/mol. The van der Waals surface area contributed by atoms with Crippen LogP contribution in [0.5, 0.6) is 11.5 Å². The summed E-state index contributed by atoms with van der Waals surface area (Å²) in [5, 5.41) is 3.13. The van der Waals surface area contributed by atoms with Gasteiger partial charge in [-0.05, 0) is 102 Å². The van der Waals surface area contributed by atoms with Gasteiger partial charge in [0.2, 0.25) is 0 Å². The Bertz CT molecular complexity index is 1490. The lowest BCUT2D eigenvalue weighted by Gasteiger charge is -2.27. The molecule has 0 aliphatic carbocycles. The third-order valence-electron chi connectivity index (χ3n) is 5.51. The highest BCUT2D eigenvalue weighted by Crippen LogP contribution is 2.36. The maximum Gasteiger partial charge on any atom is 0.335 e. The molecular formula is C27H20BrCl2IN2O5. The van der Waals surface area contributed by atoms with Crippen molar-refractivity contribution < 1.29 is 23.9 Å². The second kappa shape index (κ2) is 12.1. The van der Waals surface area contributed by atoms with Crippen LogP contribution in [-0.4, -0.2) is 24.5 Å². The summed E-state index contributed by atoms with van der Waals surface area (Å²) in [5.41, 5.74) is 2.23. The zero-order valence-corrected chi connectivity index (χ0v) is 25.4. The first-order chi connectivity index (χ1) is 18.1. The molecule has 4 amide bonds. The number of anilines is 1. The van der Waals surface area contributed by atoms with Crippen LogP contribution in [0.1, 0.15) is 23.6 Å². The van der Waals surface area contributed by atoms with E-state index in [-0.39, 0.29) is 12.2 Å². The molecule has 7 nitrogen and oxygen atoms in total. The van der Waals surface area contributed by atoms with Crippen molar-refractivity contribution in [2.45, 2.75) is 20.5 Å². The molecule has 1 fully saturated rings. The van der Waals surface area contributed by atoms with Crippen molar-refractivity contribution in [1.82, 2.24) is 5.32 Å². The van der Waals surface area contributed by atoms with Crippen molar-refractivity contribution >= 4 is 91.3 Å². The minimum Gasteiger partial charge on any atom is -0.490 e. The molecule has 3 aromatic rings. The third kappa shape index (κ3) is 6.17. The zero-order valence-electron chi connectivity index (χ0n) is 20.1. The Morgan fingerprint density at radius 3 is 2.47 bits per heavy atom. The van der Waals surface area contributed by atoms with Gasteiger partial charge in [-0.25, -0.2) is 9.69 Å². The van der Waals surface area contributed by atoms with Gasteiger partial charge in [-0.2, -0.15) is 0 Å². The van der Waals surface area contributed by atoms with Gasteiger partial charge in [0.1, 0.15) is 12.2 Å². The number of nitrogens with zero attached hydrogens (tertiary/aromatic N) is 1. The largest absolute Gasteiger partial charge is 0.490 e. The normalized spacial score (nSPS) is 14.6. The number of ether oxygens (including phenoxy) is 2. The van der Waals surface area contributed by atoms with E-state index in [1.807, 2.05) is 13.0 Å². The monoisotopic (exact) mass is 728 g/mol. The fourth-order valence-corrected chi connectivity index (χ4v) is 5.35. The van der Waals surface area contributed by atoms with E-state index in [0.717, 1.165) is 14.9 Å². The molecule has 0 aromatic heterocycles. The van der Waals surface area contributed by atoms with Crippen LogP contribution in [0.2, 0.25) is 10.0 Å². The summed E-state index contributed by atoms with van der Waals surface area (Å²) in [6.45, 7) is 4.19. The van der Waals surface area contributed by atoms with Crippen molar-refractivity contribution in [1.29, 1.82) is 0 Å².